The van der Waals surface area contributed by atoms with Crippen LogP contribution in [0.2, 0.25) is 5.02 Å². The van der Waals surface area contributed by atoms with Crippen molar-refractivity contribution in [1.29, 1.82) is 0 Å². The molecule has 0 amide bonds. The molecule has 0 fully saturated rings. The van der Waals surface area contributed by atoms with Crippen LogP contribution < -0.4 is 9.47 Å². The Morgan fingerprint density at radius 3 is 2.94 bits per heavy atom. The normalized spacial score (nSPS) is 13.3. The lowest BCUT2D eigenvalue weighted by Gasteiger charge is -1.98. The molecular weight excluding hydrogens is 236 g/mol. The van der Waals surface area contributed by atoms with Gasteiger partial charge in [-0.2, -0.15) is 0 Å². The molecular formula is C10H5ClO5. The molecule has 0 aliphatic carbocycles. The van der Waals surface area contributed by atoms with E-state index in [4.69, 9.17) is 30.6 Å². The minimum Gasteiger partial charge on any atom is -0.475 e. The van der Waals surface area contributed by atoms with Crippen molar-refractivity contribution in [1.82, 2.24) is 0 Å². The van der Waals surface area contributed by atoms with Gasteiger partial charge in [0.2, 0.25) is 12.6 Å². The fourth-order valence-electron chi connectivity index (χ4n) is 1.60. The van der Waals surface area contributed by atoms with Crippen LogP contribution in [0.15, 0.2) is 16.5 Å². The van der Waals surface area contributed by atoms with Gasteiger partial charge in [-0.1, -0.05) is 11.6 Å². The number of aromatic carboxylic acids is 1. The zero-order valence-corrected chi connectivity index (χ0v) is 8.58. The third-order valence-electron chi connectivity index (χ3n) is 2.31. The standard InChI is InChI=1S/C10H5ClO5/c11-8-4-1-7(10(12)13)16-5(4)2-6-9(8)15-3-14-6/h1-2H,3H2,(H,12,13). The predicted octanol–water partition coefficient (Wildman–Crippen LogP) is 2.51. The van der Waals surface area contributed by atoms with Crippen LogP contribution in [0.5, 0.6) is 11.5 Å². The molecule has 2 heterocycles. The average molecular weight is 241 g/mol. The summed E-state index contributed by atoms with van der Waals surface area (Å²) in [4.78, 5) is 10.7. The van der Waals surface area contributed by atoms with E-state index < -0.39 is 5.97 Å². The molecule has 5 nitrogen and oxygen atoms in total. The lowest BCUT2D eigenvalue weighted by molar-refractivity contribution is 0.0665. The molecule has 0 saturated carbocycles. The molecule has 6 heteroatoms. The quantitative estimate of drug-likeness (QED) is 0.829. The summed E-state index contributed by atoms with van der Waals surface area (Å²) in [5.41, 5.74) is 0.367. The second kappa shape index (κ2) is 3.05. The maximum atomic E-state index is 10.7. The van der Waals surface area contributed by atoms with E-state index in [-0.39, 0.29) is 12.6 Å². The topological polar surface area (TPSA) is 68.9 Å². The molecule has 1 aromatic carbocycles. The first-order chi connectivity index (χ1) is 7.66. The van der Waals surface area contributed by atoms with Crippen LogP contribution in [0.3, 0.4) is 0 Å². The van der Waals surface area contributed by atoms with Crippen molar-refractivity contribution in [2.24, 2.45) is 0 Å². The van der Waals surface area contributed by atoms with Crippen molar-refractivity contribution < 1.29 is 23.8 Å². The molecule has 0 atom stereocenters. The van der Waals surface area contributed by atoms with E-state index in [1.807, 2.05) is 0 Å². The van der Waals surface area contributed by atoms with Crippen molar-refractivity contribution in [2.75, 3.05) is 6.79 Å². The van der Waals surface area contributed by atoms with Gasteiger partial charge >= 0.3 is 5.97 Å². The minimum absolute atomic E-state index is 0.105. The van der Waals surface area contributed by atoms with Crippen LogP contribution >= 0.6 is 11.6 Å². The van der Waals surface area contributed by atoms with Crippen LogP contribution in [-0.4, -0.2) is 17.9 Å². The number of fused-ring (bicyclic) bond motifs is 2. The molecule has 0 radical (unpaired) electrons. The fraction of sp³-hybridized carbons (Fsp3) is 0.100. The highest BCUT2D eigenvalue weighted by molar-refractivity contribution is 6.37. The Labute approximate surface area is 94.1 Å². The molecule has 1 N–H and O–H groups in total. The van der Waals surface area contributed by atoms with Gasteiger partial charge in [-0.05, 0) is 0 Å². The third-order valence-corrected chi connectivity index (χ3v) is 2.69. The van der Waals surface area contributed by atoms with Crippen molar-refractivity contribution in [3.8, 4) is 11.5 Å². The second-order valence-corrected chi connectivity index (χ2v) is 3.63. The third kappa shape index (κ3) is 1.15. The van der Waals surface area contributed by atoms with Gasteiger partial charge in [0.05, 0.1) is 5.02 Å². The van der Waals surface area contributed by atoms with E-state index in [2.05, 4.69) is 0 Å². The van der Waals surface area contributed by atoms with Gasteiger partial charge in [0.1, 0.15) is 5.58 Å². The van der Waals surface area contributed by atoms with Gasteiger partial charge in [0.15, 0.2) is 11.5 Å². The van der Waals surface area contributed by atoms with E-state index in [1.54, 1.807) is 6.07 Å². The van der Waals surface area contributed by atoms with E-state index in [0.29, 0.717) is 27.5 Å². The number of furan rings is 1. The molecule has 0 bridgehead atoms. The van der Waals surface area contributed by atoms with Gasteiger partial charge < -0.3 is 19.0 Å². The highest BCUT2D eigenvalue weighted by Gasteiger charge is 2.23. The summed E-state index contributed by atoms with van der Waals surface area (Å²) in [5.74, 6) is -0.425. The molecule has 0 spiro atoms. The summed E-state index contributed by atoms with van der Waals surface area (Å²) in [6.45, 7) is 0.105. The molecule has 1 aliphatic heterocycles. The van der Waals surface area contributed by atoms with Crippen molar-refractivity contribution in [3.05, 3.63) is 22.9 Å². The first kappa shape index (κ1) is 9.35. The molecule has 3 rings (SSSR count). The Hall–Kier alpha value is -1.88. The van der Waals surface area contributed by atoms with Gasteiger partial charge in [0, 0.05) is 17.5 Å². The number of hydrogen-bond acceptors (Lipinski definition) is 4. The van der Waals surface area contributed by atoms with Crippen molar-refractivity contribution in [3.63, 3.8) is 0 Å². The lowest BCUT2D eigenvalue weighted by atomic mass is 10.2. The predicted molar refractivity (Wildman–Crippen MR) is 54.3 cm³/mol. The summed E-state index contributed by atoms with van der Waals surface area (Å²) in [7, 11) is 0. The maximum Gasteiger partial charge on any atom is 0.371 e. The van der Waals surface area contributed by atoms with E-state index in [0.717, 1.165) is 0 Å². The number of ether oxygens (including phenoxy) is 2. The van der Waals surface area contributed by atoms with Crippen LogP contribution in [0.25, 0.3) is 11.0 Å². The number of rotatable bonds is 1. The van der Waals surface area contributed by atoms with E-state index in [1.165, 1.54) is 6.07 Å². The Morgan fingerprint density at radius 1 is 1.38 bits per heavy atom. The Balaban J connectivity index is 2.32. The number of carbonyl (C=O) groups is 1. The average Bonchev–Trinajstić information content (AvgIpc) is 2.83. The number of carboxylic acids is 1. The lowest BCUT2D eigenvalue weighted by Crippen LogP contribution is -1.93. The molecule has 0 saturated heterocycles. The summed E-state index contributed by atoms with van der Waals surface area (Å²) in [5, 5.41) is 9.60. The second-order valence-electron chi connectivity index (χ2n) is 3.25. The summed E-state index contributed by atoms with van der Waals surface area (Å²) in [6.07, 6.45) is 0. The molecule has 1 aliphatic rings. The molecule has 16 heavy (non-hydrogen) atoms. The Kier molecular flexibility index (Phi) is 1.79. The monoisotopic (exact) mass is 240 g/mol. The zero-order chi connectivity index (χ0) is 11.3. The Bertz CT molecular complexity index is 601. The highest BCUT2D eigenvalue weighted by atomic mass is 35.5. The Morgan fingerprint density at radius 2 is 2.19 bits per heavy atom. The number of benzene rings is 1. The van der Waals surface area contributed by atoms with Gasteiger partial charge in [-0.15, -0.1) is 0 Å². The molecule has 0 unspecified atom stereocenters. The van der Waals surface area contributed by atoms with Crippen LogP contribution in [0.1, 0.15) is 10.6 Å². The number of hydrogen-bond donors (Lipinski definition) is 1. The largest absolute Gasteiger partial charge is 0.475 e. The van der Waals surface area contributed by atoms with Gasteiger partial charge in [-0.3, -0.25) is 0 Å². The smallest absolute Gasteiger partial charge is 0.371 e. The fourth-order valence-corrected chi connectivity index (χ4v) is 1.89. The maximum absolute atomic E-state index is 10.7. The minimum atomic E-state index is -1.14. The molecule has 1 aromatic heterocycles. The van der Waals surface area contributed by atoms with Crippen LogP contribution in [0.4, 0.5) is 0 Å². The molecule has 2 aromatic rings. The van der Waals surface area contributed by atoms with Crippen molar-refractivity contribution >= 4 is 28.5 Å². The van der Waals surface area contributed by atoms with Gasteiger partial charge in [0.25, 0.3) is 0 Å². The summed E-state index contributed by atoms with van der Waals surface area (Å²) in [6, 6.07) is 2.93. The summed E-state index contributed by atoms with van der Waals surface area (Å²) >= 11 is 6.05. The first-order valence-electron chi connectivity index (χ1n) is 4.42. The number of halogens is 1. The van der Waals surface area contributed by atoms with E-state index >= 15 is 0 Å². The first-order valence-corrected chi connectivity index (χ1v) is 4.79. The van der Waals surface area contributed by atoms with E-state index in [9.17, 15) is 4.79 Å². The van der Waals surface area contributed by atoms with Crippen molar-refractivity contribution in [2.45, 2.75) is 0 Å². The zero-order valence-electron chi connectivity index (χ0n) is 7.82. The summed E-state index contributed by atoms with van der Waals surface area (Å²) < 4.78 is 15.4. The van der Waals surface area contributed by atoms with Crippen LogP contribution in [-0.2, 0) is 0 Å². The van der Waals surface area contributed by atoms with Gasteiger partial charge in [-0.25, -0.2) is 4.79 Å². The SMILES string of the molecule is O=C(O)c1cc2c(Cl)c3c(cc2o1)OCO3. The van der Waals surface area contributed by atoms with Crippen LogP contribution in [0, 0.1) is 0 Å². The highest BCUT2D eigenvalue weighted by Crippen LogP contribution is 2.44. The molecule has 82 valence electrons. The number of carboxylic acid groups (broad SMARTS) is 1.